The summed E-state index contributed by atoms with van der Waals surface area (Å²) < 4.78 is 16.4. The Hall–Kier alpha value is -2.54. The van der Waals surface area contributed by atoms with Gasteiger partial charge in [0.05, 0.1) is 13.2 Å². The second-order valence-corrected chi connectivity index (χ2v) is 8.07. The van der Waals surface area contributed by atoms with Gasteiger partial charge in [-0.2, -0.15) is 5.10 Å². The summed E-state index contributed by atoms with van der Waals surface area (Å²) >= 11 is 0. The van der Waals surface area contributed by atoms with E-state index in [0.29, 0.717) is 5.56 Å². The molecule has 2 heterocycles. The molecule has 158 valence electrons. The Balaban J connectivity index is 1.45. The lowest BCUT2D eigenvalue weighted by Crippen LogP contribution is -2.32. The van der Waals surface area contributed by atoms with Crippen LogP contribution in [0.5, 0.6) is 0 Å². The van der Waals surface area contributed by atoms with Gasteiger partial charge in [0.25, 0.3) is 0 Å². The molecule has 0 aliphatic carbocycles. The quantitative estimate of drug-likeness (QED) is 0.601. The fourth-order valence-electron chi connectivity index (χ4n) is 4.64. The first-order chi connectivity index (χ1) is 14.7. The molecule has 1 aliphatic rings. The first-order valence-electron chi connectivity index (χ1n) is 10.5. The molecular formula is C24H29FN4O. The molecule has 0 unspecified atom stereocenters. The normalized spacial score (nSPS) is 21.9. The minimum absolute atomic E-state index is 0.0461. The topological polar surface area (TPSA) is 53.3 Å². The number of rotatable bonds is 8. The molecule has 0 bridgehead atoms. The molecule has 4 rings (SSSR count). The van der Waals surface area contributed by atoms with Crippen molar-refractivity contribution >= 4 is 0 Å². The molecule has 5 nitrogen and oxygen atoms in total. The van der Waals surface area contributed by atoms with Crippen LogP contribution in [0.15, 0.2) is 67.0 Å². The number of likely N-dealkylation sites (N-methyl/N-ethyl adjacent to an activating group) is 1. The summed E-state index contributed by atoms with van der Waals surface area (Å²) in [6.07, 6.45) is 4.60. The predicted molar refractivity (Wildman–Crippen MR) is 115 cm³/mol. The number of nitrogens with one attached hydrogen (secondary N) is 1. The van der Waals surface area contributed by atoms with Crippen molar-refractivity contribution in [2.45, 2.75) is 31.6 Å². The van der Waals surface area contributed by atoms with Crippen LogP contribution < -0.4 is 5.32 Å². The molecule has 2 N–H and O–H groups in total. The number of aliphatic hydroxyl groups excluding tert-OH is 1. The van der Waals surface area contributed by atoms with Crippen molar-refractivity contribution in [1.29, 1.82) is 0 Å². The molecule has 0 saturated carbocycles. The smallest absolute Gasteiger partial charge is 0.127 e. The maximum atomic E-state index is 14.5. The van der Waals surface area contributed by atoms with Crippen LogP contribution in [-0.4, -0.2) is 46.0 Å². The molecule has 3 aromatic rings. The Bertz CT molecular complexity index is 946. The summed E-state index contributed by atoms with van der Waals surface area (Å²) in [6.45, 7) is 2.33. The van der Waals surface area contributed by atoms with Crippen molar-refractivity contribution in [3.63, 3.8) is 0 Å². The van der Waals surface area contributed by atoms with Crippen LogP contribution in [0.2, 0.25) is 0 Å². The molecule has 0 amide bonds. The third-order valence-corrected chi connectivity index (χ3v) is 6.20. The summed E-state index contributed by atoms with van der Waals surface area (Å²) in [6, 6.07) is 17.3. The van der Waals surface area contributed by atoms with Gasteiger partial charge in [-0.1, -0.05) is 42.5 Å². The zero-order valence-electron chi connectivity index (χ0n) is 17.3. The monoisotopic (exact) mass is 408 g/mol. The number of hydrogen-bond donors (Lipinski definition) is 2. The van der Waals surface area contributed by atoms with Crippen LogP contribution in [-0.2, 0) is 13.1 Å². The summed E-state index contributed by atoms with van der Waals surface area (Å²) in [5.74, 6) is 0.0461. The molecule has 6 heteroatoms. The van der Waals surface area contributed by atoms with Crippen molar-refractivity contribution in [3.05, 3.63) is 89.5 Å². The van der Waals surface area contributed by atoms with E-state index < -0.39 is 0 Å². The van der Waals surface area contributed by atoms with E-state index in [0.717, 1.165) is 26.1 Å². The zero-order valence-corrected chi connectivity index (χ0v) is 17.3. The molecule has 0 spiro atoms. The Morgan fingerprint density at radius 1 is 1.10 bits per heavy atom. The molecule has 1 aromatic heterocycles. The second-order valence-electron chi connectivity index (χ2n) is 8.07. The van der Waals surface area contributed by atoms with E-state index in [-0.39, 0.29) is 30.4 Å². The zero-order chi connectivity index (χ0) is 20.9. The van der Waals surface area contributed by atoms with E-state index in [1.54, 1.807) is 12.3 Å². The van der Waals surface area contributed by atoms with Gasteiger partial charge in [0, 0.05) is 43.1 Å². The summed E-state index contributed by atoms with van der Waals surface area (Å²) in [5, 5.41) is 17.7. The molecule has 3 atom stereocenters. The first kappa shape index (κ1) is 20.7. The Morgan fingerprint density at radius 3 is 2.60 bits per heavy atom. The Morgan fingerprint density at radius 2 is 1.87 bits per heavy atom. The SMILES string of the molecule is CN1[C@@H](CO)C[C@@H](CNCc2ccccc2Cn2cccn2)[C@H]1c1ccccc1F. The van der Waals surface area contributed by atoms with Crippen molar-refractivity contribution in [1.82, 2.24) is 20.0 Å². The van der Waals surface area contributed by atoms with Crippen molar-refractivity contribution in [2.75, 3.05) is 20.2 Å². The Kier molecular flexibility index (Phi) is 6.57. The molecular weight excluding hydrogens is 379 g/mol. The maximum absolute atomic E-state index is 14.5. The van der Waals surface area contributed by atoms with E-state index in [1.165, 1.54) is 17.2 Å². The number of halogens is 1. The minimum atomic E-state index is -0.178. The highest BCUT2D eigenvalue weighted by Gasteiger charge is 2.40. The molecule has 2 aromatic carbocycles. The first-order valence-corrected chi connectivity index (χ1v) is 10.5. The van der Waals surface area contributed by atoms with Gasteiger partial charge >= 0.3 is 0 Å². The van der Waals surface area contributed by atoms with Crippen LogP contribution in [0.1, 0.15) is 29.2 Å². The highest BCUT2D eigenvalue weighted by molar-refractivity contribution is 5.27. The van der Waals surface area contributed by atoms with Crippen LogP contribution in [0, 0.1) is 11.7 Å². The van der Waals surface area contributed by atoms with E-state index in [2.05, 4.69) is 33.5 Å². The second kappa shape index (κ2) is 9.51. The number of nitrogens with zero attached hydrogens (tertiary/aromatic N) is 3. The van der Waals surface area contributed by atoms with E-state index in [4.69, 9.17) is 0 Å². The van der Waals surface area contributed by atoms with Gasteiger partial charge in [-0.05, 0) is 42.6 Å². The molecule has 1 aliphatic heterocycles. The van der Waals surface area contributed by atoms with Gasteiger partial charge < -0.3 is 10.4 Å². The molecule has 1 saturated heterocycles. The average molecular weight is 409 g/mol. The van der Waals surface area contributed by atoms with Crippen LogP contribution >= 0.6 is 0 Å². The lowest BCUT2D eigenvalue weighted by atomic mass is 9.92. The standard InChI is InChI=1S/C24H29FN4O/c1-28-21(17-30)13-20(24(28)22-9-4-5-10-23(22)25)15-26-14-18-7-2-3-8-19(18)16-29-12-6-11-27-29/h2-12,20-21,24,26,30H,13-17H2,1H3/t20-,21+,24-/m0/s1. The fraction of sp³-hybridized carbons (Fsp3) is 0.375. The number of likely N-dealkylation sites (tertiary alicyclic amines) is 1. The molecule has 30 heavy (non-hydrogen) atoms. The number of aliphatic hydroxyl groups is 1. The lowest BCUT2D eigenvalue weighted by Gasteiger charge is -2.28. The average Bonchev–Trinajstić information content (AvgIpc) is 3.37. The van der Waals surface area contributed by atoms with Gasteiger partial charge in [0.2, 0.25) is 0 Å². The lowest BCUT2D eigenvalue weighted by molar-refractivity contribution is 0.151. The van der Waals surface area contributed by atoms with Crippen LogP contribution in [0.3, 0.4) is 0 Å². The fourth-order valence-corrected chi connectivity index (χ4v) is 4.64. The minimum Gasteiger partial charge on any atom is -0.395 e. The Labute approximate surface area is 177 Å². The number of benzene rings is 2. The highest BCUT2D eigenvalue weighted by Crippen LogP contribution is 2.40. The predicted octanol–water partition coefficient (Wildman–Crippen LogP) is 3.21. The van der Waals surface area contributed by atoms with E-state index >= 15 is 0 Å². The van der Waals surface area contributed by atoms with Gasteiger partial charge in [0.1, 0.15) is 5.82 Å². The molecule has 1 fully saturated rings. The highest BCUT2D eigenvalue weighted by atomic mass is 19.1. The maximum Gasteiger partial charge on any atom is 0.127 e. The molecule has 0 radical (unpaired) electrons. The van der Waals surface area contributed by atoms with Crippen LogP contribution in [0.4, 0.5) is 4.39 Å². The third kappa shape index (κ3) is 4.46. The summed E-state index contributed by atoms with van der Waals surface area (Å²) in [4.78, 5) is 2.12. The van der Waals surface area contributed by atoms with Gasteiger partial charge in [-0.3, -0.25) is 9.58 Å². The third-order valence-electron chi connectivity index (χ3n) is 6.20. The number of aromatic nitrogens is 2. The van der Waals surface area contributed by atoms with Crippen molar-refractivity contribution in [3.8, 4) is 0 Å². The van der Waals surface area contributed by atoms with Gasteiger partial charge in [-0.15, -0.1) is 0 Å². The summed E-state index contributed by atoms with van der Waals surface area (Å²) in [7, 11) is 1.98. The van der Waals surface area contributed by atoms with Crippen molar-refractivity contribution < 1.29 is 9.50 Å². The number of hydrogen-bond acceptors (Lipinski definition) is 4. The largest absolute Gasteiger partial charge is 0.395 e. The van der Waals surface area contributed by atoms with Crippen molar-refractivity contribution in [2.24, 2.45) is 5.92 Å². The summed E-state index contributed by atoms with van der Waals surface area (Å²) in [5.41, 5.74) is 3.18. The van der Waals surface area contributed by atoms with Crippen LogP contribution in [0.25, 0.3) is 0 Å². The van der Waals surface area contributed by atoms with E-state index in [9.17, 15) is 9.50 Å². The van der Waals surface area contributed by atoms with E-state index in [1.807, 2.05) is 42.2 Å². The van der Waals surface area contributed by atoms with Gasteiger partial charge in [-0.25, -0.2) is 4.39 Å². The van der Waals surface area contributed by atoms with Gasteiger partial charge in [0.15, 0.2) is 0 Å².